The van der Waals surface area contributed by atoms with Gasteiger partial charge in [-0.2, -0.15) is 0 Å². The molecular formula is C45H52N14O3. The fraction of sp³-hybridized carbons (Fsp3) is 0.400. The van der Waals surface area contributed by atoms with Crippen LogP contribution in [0.15, 0.2) is 49.1 Å². The molecule has 0 amide bonds. The second-order valence-electron chi connectivity index (χ2n) is 16.4. The van der Waals surface area contributed by atoms with E-state index in [2.05, 4.69) is 52.7 Å². The van der Waals surface area contributed by atoms with Crippen LogP contribution in [0.25, 0.3) is 67.4 Å². The minimum absolute atomic E-state index is 0.0790. The largest absolute Gasteiger partial charge is 0.494 e. The summed E-state index contributed by atoms with van der Waals surface area (Å²) in [4.78, 5) is 49.8. The van der Waals surface area contributed by atoms with E-state index in [0.29, 0.717) is 96.0 Å². The first-order valence-electron chi connectivity index (χ1n) is 21.5. The second-order valence-corrected chi connectivity index (χ2v) is 16.4. The smallest absolute Gasteiger partial charge is 0.197 e. The third-order valence-electron chi connectivity index (χ3n) is 12.8. The third kappa shape index (κ3) is 6.07. The van der Waals surface area contributed by atoms with Gasteiger partial charge in [0.05, 0.1) is 48.1 Å². The van der Waals surface area contributed by atoms with Crippen LogP contribution in [0.1, 0.15) is 55.5 Å². The zero-order valence-electron chi connectivity index (χ0n) is 36.1. The van der Waals surface area contributed by atoms with E-state index in [9.17, 15) is 0 Å². The van der Waals surface area contributed by atoms with E-state index >= 15 is 4.79 Å². The van der Waals surface area contributed by atoms with Crippen LogP contribution in [0.4, 0.5) is 11.4 Å². The van der Waals surface area contributed by atoms with Crippen LogP contribution in [0.2, 0.25) is 0 Å². The Morgan fingerprint density at radius 1 is 0.661 bits per heavy atom. The van der Waals surface area contributed by atoms with E-state index in [1.807, 2.05) is 47.5 Å². The van der Waals surface area contributed by atoms with Crippen LogP contribution >= 0.6 is 0 Å². The van der Waals surface area contributed by atoms with E-state index in [1.165, 1.54) is 0 Å². The molecule has 6 aromatic heterocycles. The van der Waals surface area contributed by atoms with Crippen LogP contribution in [0.5, 0.6) is 11.5 Å². The fourth-order valence-corrected chi connectivity index (χ4v) is 9.97. The molecule has 10 rings (SSSR count). The molecule has 0 spiro atoms. The van der Waals surface area contributed by atoms with E-state index in [-0.39, 0.29) is 17.9 Å². The van der Waals surface area contributed by atoms with Crippen molar-refractivity contribution >= 4 is 61.6 Å². The van der Waals surface area contributed by atoms with Crippen molar-refractivity contribution in [1.82, 2.24) is 48.2 Å². The molecule has 2 fully saturated rings. The van der Waals surface area contributed by atoms with Crippen LogP contribution in [-0.2, 0) is 27.2 Å². The highest BCUT2D eigenvalue weighted by molar-refractivity contribution is 6.22. The molecule has 8 aromatic rings. The molecule has 17 heteroatoms. The quantitative estimate of drug-likeness (QED) is 0.166. The summed E-state index contributed by atoms with van der Waals surface area (Å²) in [7, 11) is 7.24. The first kappa shape index (κ1) is 39.5. The maximum atomic E-state index is 16.0. The van der Waals surface area contributed by atoms with Crippen LogP contribution in [-0.4, -0.2) is 106 Å². The number of hydrogen-bond acceptors (Lipinski definition) is 13. The molecule has 0 unspecified atom stereocenters. The monoisotopic (exact) mass is 836 g/mol. The van der Waals surface area contributed by atoms with Crippen molar-refractivity contribution in [2.24, 2.45) is 25.6 Å². The van der Waals surface area contributed by atoms with Gasteiger partial charge in [0.2, 0.25) is 0 Å². The van der Waals surface area contributed by atoms with Crippen LogP contribution in [0.3, 0.4) is 0 Å². The molecule has 2 aliphatic heterocycles. The molecule has 0 bridgehead atoms. The van der Waals surface area contributed by atoms with Crippen molar-refractivity contribution in [3.8, 4) is 34.5 Å². The SMILES string of the molecule is CCn1c(-c2nc3c(N4CCC[C@@H](N)C4)c(C(=O)c4cc(OC)c5c(nc(-c6cc7nccnc7n6CC)n5C)c4N4CCC[C@@H](N)C4)cc(OC)c3n2C)cc2nccnc21. The van der Waals surface area contributed by atoms with Gasteiger partial charge in [-0.25, -0.2) is 19.9 Å². The lowest BCUT2D eigenvalue weighted by Crippen LogP contribution is -2.44. The lowest BCUT2D eigenvalue weighted by atomic mass is 9.94. The number of ketones is 1. The molecule has 320 valence electrons. The van der Waals surface area contributed by atoms with E-state index in [4.69, 9.17) is 30.9 Å². The molecule has 62 heavy (non-hydrogen) atoms. The van der Waals surface area contributed by atoms with Gasteiger partial charge in [-0.15, -0.1) is 0 Å². The zero-order valence-corrected chi connectivity index (χ0v) is 36.1. The molecular weight excluding hydrogens is 785 g/mol. The van der Waals surface area contributed by atoms with Gasteiger partial charge < -0.3 is 49.0 Å². The van der Waals surface area contributed by atoms with Crippen molar-refractivity contribution in [2.75, 3.05) is 50.2 Å². The normalized spacial score (nSPS) is 17.3. The maximum Gasteiger partial charge on any atom is 0.197 e. The van der Waals surface area contributed by atoms with Gasteiger partial charge in [0.15, 0.2) is 28.7 Å². The predicted octanol–water partition coefficient (Wildman–Crippen LogP) is 5.43. The molecule has 0 radical (unpaired) electrons. The Morgan fingerprint density at radius 3 is 1.47 bits per heavy atom. The molecule has 0 saturated carbocycles. The molecule has 2 aliphatic rings. The fourth-order valence-electron chi connectivity index (χ4n) is 9.97. The highest BCUT2D eigenvalue weighted by Crippen LogP contribution is 2.45. The lowest BCUT2D eigenvalue weighted by Gasteiger charge is -2.35. The summed E-state index contributed by atoms with van der Waals surface area (Å²) in [5.74, 6) is 2.24. The average molecular weight is 837 g/mol. The minimum atomic E-state index is -0.208. The Balaban J connectivity index is 1.24. The van der Waals surface area contributed by atoms with Gasteiger partial charge in [0, 0.05) is 90.2 Å². The Kier molecular flexibility index (Phi) is 9.82. The number of methoxy groups -OCH3 is 2. The summed E-state index contributed by atoms with van der Waals surface area (Å²) in [6.45, 7) is 8.02. The number of carbonyl (C=O) groups excluding carboxylic acids is 1. The number of piperidine rings is 2. The number of ether oxygens (including phenoxy) is 2. The van der Waals surface area contributed by atoms with Crippen molar-refractivity contribution < 1.29 is 14.3 Å². The van der Waals surface area contributed by atoms with Crippen molar-refractivity contribution in [3.05, 3.63) is 60.2 Å². The van der Waals surface area contributed by atoms with Crippen LogP contribution < -0.4 is 30.7 Å². The summed E-state index contributed by atoms with van der Waals surface area (Å²) >= 11 is 0. The topological polar surface area (TPSA) is 191 Å². The van der Waals surface area contributed by atoms with Crippen molar-refractivity contribution in [3.63, 3.8) is 0 Å². The molecule has 17 nitrogen and oxygen atoms in total. The Morgan fingerprint density at radius 2 is 1.08 bits per heavy atom. The highest BCUT2D eigenvalue weighted by atomic mass is 16.5. The summed E-state index contributed by atoms with van der Waals surface area (Å²) in [5.41, 5.74) is 23.4. The van der Waals surface area contributed by atoms with Crippen molar-refractivity contribution in [2.45, 2.75) is 64.7 Å². The maximum absolute atomic E-state index is 16.0. The van der Waals surface area contributed by atoms with E-state index in [0.717, 1.165) is 70.4 Å². The number of rotatable bonds is 10. The summed E-state index contributed by atoms with van der Waals surface area (Å²) in [6.07, 6.45) is 10.3. The number of imidazole rings is 2. The molecule has 2 aromatic carbocycles. The van der Waals surface area contributed by atoms with Crippen LogP contribution in [0, 0.1) is 0 Å². The molecule has 4 N–H and O–H groups in total. The number of nitrogens with two attached hydrogens (primary N) is 2. The first-order valence-corrected chi connectivity index (χ1v) is 21.5. The first-order chi connectivity index (χ1) is 30.1. The van der Waals surface area contributed by atoms with Gasteiger partial charge in [0.1, 0.15) is 44.6 Å². The Bertz CT molecular complexity index is 2850. The summed E-state index contributed by atoms with van der Waals surface area (Å²) in [5, 5.41) is 0. The Hall–Kier alpha value is -6.59. The van der Waals surface area contributed by atoms with Gasteiger partial charge >= 0.3 is 0 Å². The van der Waals surface area contributed by atoms with Gasteiger partial charge in [-0.1, -0.05) is 0 Å². The molecule has 2 atom stereocenters. The number of anilines is 2. The van der Waals surface area contributed by atoms with Gasteiger partial charge in [-0.05, 0) is 63.8 Å². The number of benzene rings is 2. The third-order valence-corrected chi connectivity index (χ3v) is 12.8. The summed E-state index contributed by atoms with van der Waals surface area (Å²) in [6, 6.07) is 7.63. The highest BCUT2D eigenvalue weighted by Gasteiger charge is 2.35. The Labute approximate surface area is 358 Å². The average Bonchev–Trinajstić information content (AvgIpc) is 4.04. The van der Waals surface area contributed by atoms with Crippen molar-refractivity contribution in [1.29, 1.82) is 0 Å². The second kappa shape index (κ2) is 15.4. The lowest BCUT2D eigenvalue weighted by molar-refractivity contribution is 0.103. The predicted molar refractivity (Wildman–Crippen MR) is 241 cm³/mol. The minimum Gasteiger partial charge on any atom is -0.494 e. The number of hydrogen-bond donors (Lipinski definition) is 2. The van der Waals surface area contributed by atoms with Gasteiger partial charge in [-0.3, -0.25) is 14.8 Å². The zero-order chi connectivity index (χ0) is 43.0. The molecule has 0 aliphatic carbocycles. The molecule has 8 heterocycles. The summed E-state index contributed by atoms with van der Waals surface area (Å²) < 4.78 is 20.7. The van der Waals surface area contributed by atoms with Gasteiger partial charge in [0.25, 0.3) is 0 Å². The van der Waals surface area contributed by atoms with E-state index in [1.54, 1.807) is 39.0 Å². The standard InChI is InChI=1S/C45H52N14O3/c1-7-58-31(21-29-42(58)50-15-13-48-29)44-52-35-37(56-17-9-11-25(46)23-56)27(19-33(61-5)39(35)54(44)3)41(60)28-20-34(62-6)40-36(38(28)57-18-10-12-26(47)24-57)53-45(55(40)4)32-22-30-43(59(32)8-2)51-16-14-49-30/h13-16,19-22,25-26H,7-12,17-18,23-24,46-47H2,1-6H3/t25-,26-/m1/s1. The number of aryl methyl sites for hydroxylation is 4. The van der Waals surface area contributed by atoms with E-state index < -0.39 is 0 Å². The number of aromatic nitrogens is 10. The molecule has 2 saturated heterocycles. The number of nitrogens with zero attached hydrogens (tertiary/aromatic N) is 12. The number of carbonyl (C=O) groups is 1. The number of fused-ring (bicyclic) bond motifs is 4.